The van der Waals surface area contributed by atoms with Gasteiger partial charge in [-0.1, -0.05) is 23.7 Å². The Balaban J connectivity index is 2.12. The fourth-order valence-electron chi connectivity index (χ4n) is 2.45. The summed E-state index contributed by atoms with van der Waals surface area (Å²) in [5, 5.41) is 8.63. The molecule has 0 amide bonds. The molecule has 0 aliphatic carbocycles. The summed E-state index contributed by atoms with van der Waals surface area (Å²) in [5.41, 5.74) is 5.03. The maximum atomic E-state index is 5.92. The molecule has 0 bridgehead atoms. The highest BCUT2D eigenvalue weighted by molar-refractivity contribution is 6.30. The molecule has 1 aromatic heterocycles. The lowest BCUT2D eigenvalue weighted by Gasteiger charge is -2.06. The van der Waals surface area contributed by atoms with Crippen molar-refractivity contribution in [3.8, 4) is 0 Å². The fourth-order valence-corrected chi connectivity index (χ4v) is 2.58. The first-order chi connectivity index (χ1) is 9.61. The van der Waals surface area contributed by atoms with E-state index < -0.39 is 0 Å². The smallest absolute Gasteiger partial charge is 0.0662 e. The minimum absolute atomic E-state index is 0.773. The van der Waals surface area contributed by atoms with E-state index in [-0.39, 0.29) is 0 Å². The zero-order valence-corrected chi connectivity index (χ0v) is 13.2. The number of hydrogen-bond donors (Lipinski definition) is 1. The van der Waals surface area contributed by atoms with E-state index in [0.717, 1.165) is 36.6 Å². The van der Waals surface area contributed by atoms with E-state index in [1.807, 2.05) is 19.2 Å². The summed E-state index contributed by atoms with van der Waals surface area (Å²) in [6, 6.07) is 7.96. The van der Waals surface area contributed by atoms with Crippen molar-refractivity contribution in [1.82, 2.24) is 15.1 Å². The van der Waals surface area contributed by atoms with Gasteiger partial charge in [0.1, 0.15) is 0 Å². The summed E-state index contributed by atoms with van der Waals surface area (Å²) in [4.78, 5) is 0. The molecule has 3 nitrogen and oxygen atoms in total. The third-order valence-electron chi connectivity index (χ3n) is 3.63. The van der Waals surface area contributed by atoms with Gasteiger partial charge in [0.2, 0.25) is 0 Å². The second kappa shape index (κ2) is 6.91. The van der Waals surface area contributed by atoms with Gasteiger partial charge in [-0.25, -0.2) is 0 Å². The van der Waals surface area contributed by atoms with Crippen LogP contribution in [0.2, 0.25) is 5.02 Å². The molecule has 4 heteroatoms. The second-order valence-electron chi connectivity index (χ2n) is 5.14. The quantitative estimate of drug-likeness (QED) is 0.827. The van der Waals surface area contributed by atoms with Crippen molar-refractivity contribution < 1.29 is 0 Å². The van der Waals surface area contributed by atoms with Crippen LogP contribution in [-0.4, -0.2) is 23.4 Å². The molecular formula is C16H22ClN3. The van der Waals surface area contributed by atoms with Crippen molar-refractivity contribution >= 4 is 11.6 Å². The van der Waals surface area contributed by atoms with Gasteiger partial charge in [0.05, 0.1) is 12.2 Å². The molecule has 108 valence electrons. The molecule has 0 spiro atoms. The van der Waals surface area contributed by atoms with E-state index in [9.17, 15) is 0 Å². The Morgan fingerprint density at radius 3 is 2.55 bits per heavy atom. The van der Waals surface area contributed by atoms with E-state index in [0.29, 0.717) is 0 Å². The van der Waals surface area contributed by atoms with E-state index in [1.165, 1.54) is 16.8 Å². The zero-order chi connectivity index (χ0) is 14.5. The fraction of sp³-hybridized carbons (Fsp3) is 0.438. The van der Waals surface area contributed by atoms with Crippen LogP contribution in [0.1, 0.15) is 28.9 Å². The molecule has 0 unspecified atom stereocenters. The summed E-state index contributed by atoms with van der Waals surface area (Å²) in [5.74, 6) is 0. The Morgan fingerprint density at radius 2 is 1.90 bits per heavy atom. The molecule has 0 saturated heterocycles. The normalized spacial score (nSPS) is 11.0. The minimum Gasteiger partial charge on any atom is -0.320 e. The molecule has 0 saturated carbocycles. The highest BCUT2D eigenvalue weighted by Gasteiger charge is 2.11. The third-order valence-corrected chi connectivity index (χ3v) is 3.88. The van der Waals surface area contributed by atoms with Gasteiger partial charge >= 0.3 is 0 Å². The summed E-state index contributed by atoms with van der Waals surface area (Å²) in [6.45, 7) is 6.10. The monoisotopic (exact) mass is 291 g/mol. The minimum atomic E-state index is 0.773. The summed E-state index contributed by atoms with van der Waals surface area (Å²) < 4.78 is 2.09. The Hall–Kier alpha value is -1.32. The van der Waals surface area contributed by atoms with Crippen molar-refractivity contribution in [3.05, 3.63) is 51.8 Å². The third kappa shape index (κ3) is 3.62. The highest BCUT2D eigenvalue weighted by Crippen LogP contribution is 2.17. The summed E-state index contributed by atoms with van der Waals surface area (Å²) in [6.07, 6.45) is 2.23. The van der Waals surface area contributed by atoms with Gasteiger partial charge < -0.3 is 5.32 Å². The van der Waals surface area contributed by atoms with Crippen LogP contribution in [0, 0.1) is 13.8 Å². The van der Waals surface area contributed by atoms with Gasteiger partial charge in [-0.2, -0.15) is 5.10 Å². The van der Waals surface area contributed by atoms with Crippen LogP contribution in [0.25, 0.3) is 0 Å². The number of halogens is 1. The molecule has 0 radical (unpaired) electrons. The molecule has 2 rings (SSSR count). The number of nitrogens with one attached hydrogen (secondary N) is 1. The standard InChI is InChI=1S/C16H22ClN3/c1-12-16(5-4-10-18-3)13(2)20(19-12)11-14-6-8-15(17)9-7-14/h6-9,18H,4-5,10-11H2,1-3H3. The molecular weight excluding hydrogens is 270 g/mol. The highest BCUT2D eigenvalue weighted by atomic mass is 35.5. The average molecular weight is 292 g/mol. The lowest BCUT2D eigenvalue weighted by atomic mass is 10.1. The molecule has 1 aromatic carbocycles. The van der Waals surface area contributed by atoms with Gasteiger partial charge in [-0.3, -0.25) is 4.68 Å². The number of nitrogens with zero attached hydrogens (tertiary/aromatic N) is 2. The molecule has 0 aliphatic heterocycles. The number of aromatic nitrogens is 2. The van der Waals surface area contributed by atoms with E-state index >= 15 is 0 Å². The van der Waals surface area contributed by atoms with Crippen LogP contribution in [-0.2, 0) is 13.0 Å². The van der Waals surface area contributed by atoms with Crippen LogP contribution < -0.4 is 5.32 Å². The van der Waals surface area contributed by atoms with Gasteiger partial charge in [0.25, 0.3) is 0 Å². The van der Waals surface area contributed by atoms with Crippen molar-refractivity contribution in [3.63, 3.8) is 0 Å². The number of aryl methyl sites for hydroxylation is 1. The predicted molar refractivity (Wildman–Crippen MR) is 84.5 cm³/mol. The van der Waals surface area contributed by atoms with Crippen LogP contribution in [0.3, 0.4) is 0 Å². The predicted octanol–water partition coefficient (Wildman–Crippen LogP) is 3.35. The van der Waals surface area contributed by atoms with Gasteiger partial charge in [-0.15, -0.1) is 0 Å². The number of hydrogen-bond acceptors (Lipinski definition) is 2. The van der Waals surface area contributed by atoms with E-state index in [4.69, 9.17) is 11.6 Å². The SMILES string of the molecule is CNCCCc1c(C)nn(Cc2ccc(Cl)cc2)c1C. The van der Waals surface area contributed by atoms with Crippen molar-refractivity contribution in [1.29, 1.82) is 0 Å². The first-order valence-electron chi connectivity index (χ1n) is 7.03. The summed E-state index contributed by atoms with van der Waals surface area (Å²) >= 11 is 5.92. The van der Waals surface area contributed by atoms with Crippen molar-refractivity contribution in [2.24, 2.45) is 0 Å². The molecule has 1 N–H and O–H groups in total. The maximum Gasteiger partial charge on any atom is 0.0662 e. The Bertz CT molecular complexity index is 558. The summed E-state index contributed by atoms with van der Waals surface area (Å²) in [7, 11) is 1.99. The molecule has 20 heavy (non-hydrogen) atoms. The first kappa shape index (κ1) is 15.1. The molecule has 0 aliphatic rings. The Kier molecular flexibility index (Phi) is 5.21. The van der Waals surface area contributed by atoms with E-state index in [2.05, 4.69) is 41.1 Å². The van der Waals surface area contributed by atoms with Gasteiger partial charge in [0, 0.05) is 10.7 Å². The molecule has 2 aromatic rings. The first-order valence-corrected chi connectivity index (χ1v) is 7.41. The van der Waals surface area contributed by atoms with Crippen LogP contribution in [0.4, 0.5) is 0 Å². The molecule has 1 heterocycles. The Morgan fingerprint density at radius 1 is 1.20 bits per heavy atom. The van der Waals surface area contributed by atoms with Crippen molar-refractivity contribution in [2.75, 3.05) is 13.6 Å². The number of benzene rings is 1. The van der Waals surface area contributed by atoms with Gasteiger partial charge in [-0.05, 0) is 63.5 Å². The topological polar surface area (TPSA) is 29.9 Å². The van der Waals surface area contributed by atoms with Crippen LogP contribution in [0.15, 0.2) is 24.3 Å². The lowest BCUT2D eigenvalue weighted by Crippen LogP contribution is -2.09. The van der Waals surface area contributed by atoms with Crippen LogP contribution >= 0.6 is 11.6 Å². The maximum absolute atomic E-state index is 5.92. The molecule has 0 fully saturated rings. The lowest BCUT2D eigenvalue weighted by molar-refractivity contribution is 0.656. The largest absolute Gasteiger partial charge is 0.320 e. The van der Waals surface area contributed by atoms with Crippen LogP contribution in [0.5, 0.6) is 0 Å². The zero-order valence-electron chi connectivity index (χ0n) is 12.4. The number of rotatable bonds is 6. The van der Waals surface area contributed by atoms with E-state index in [1.54, 1.807) is 0 Å². The van der Waals surface area contributed by atoms with Crippen molar-refractivity contribution in [2.45, 2.75) is 33.2 Å². The average Bonchev–Trinajstić information content (AvgIpc) is 2.69. The van der Waals surface area contributed by atoms with Gasteiger partial charge in [0.15, 0.2) is 0 Å². The second-order valence-corrected chi connectivity index (χ2v) is 5.58. The Labute approximate surface area is 126 Å². The molecule has 0 atom stereocenters.